The monoisotopic (exact) mass is 323 g/mol. The Morgan fingerprint density at radius 3 is 2.84 bits per heavy atom. The van der Waals surface area contributed by atoms with Crippen LogP contribution in [0.25, 0.3) is 0 Å². The van der Waals surface area contributed by atoms with Crippen LogP contribution in [0.3, 0.4) is 0 Å². The normalized spacial score (nSPS) is 12.4. The number of rotatable bonds is 4. The third-order valence-electron chi connectivity index (χ3n) is 3.01. The van der Waals surface area contributed by atoms with Crippen molar-refractivity contribution in [3.05, 3.63) is 63.6 Å². The van der Waals surface area contributed by atoms with Gasteiger partial charge in [-0.1, -0.05) is 12.1 Å². The Morgan fingerprint density at radius 2 is 2.21 bits per heavy atom. The Labute approximate surface area is 120 Å². The van der Waals surface area contributed by atoms with Gasteiger partial charge in [-0.2, -0.15) is 0 Å². The van der Waals surface area contributed by atoms with Gasteiger partial charge in [0.05, 0.1) is 16.2 Å². The van der Waals surface area contributed by atoms with Crippen molar-refractivity contribution in [2.45, 2.75) is 19.4 Å². The van der Waals surface area contributed by atoms with Gasteiger partial charge in [-0.15, -0.1) is 0 Å². The van der Waals surface area contributed by atoms with Gasteiger partial charge in [0, 0.05) is 6.20 Å². The lowest BCUT2D eigenvalue weighted by atomic mass is 10.0. The first kappa shape index (κ1) is 14.1. The first-order valence-electron chi connectivity index (χ1n) is 5.93. The molecule has 100 valence electrons. The number of hydrazine groups is 1. The molecule has 1 atom stereocenters. The fourth-order valence-electron chi connectivity index (χ4n) is 2.00. The predicted molar refractivity (Wildman–Crippen MR) is 76.8 cm³/mol. The van der Waals surface area contributed by atoms with Gasteiger partial charge in [0.2, 0.25) is 0 Å². The molecule has 1 aromatic heterocycles. The highest BCUT2D eigenvalue weighted by Gasteiger charge is 2.14. The van der Waals surface area contributed by atoms with Crippen LogP contribution in [0.2, 0.25) is 0 Å². The molecular weight excluding hydrogens is 309 g/mol. The summed E-state index contributed by atoms with van der Waals surface area (Å²) in [6, 6.07) is 8.74. The second kappa shape index (κ2) is 6.23. The Bertz CT molecular complexity index is 574. The van der Waals surface area contributed by atoms with Crippen LogP contribution in [0.5, 0.6) is 0 Å². The van der Waals surface area contributed by atoms with Crippen molar-refractivity contribution in [2.75, 3.05) is 0 Å². The Balaban J connectivity index is 2.24. The van der Waals surface area contributed by atoms with Crippen molar-refractivity contribution in [1.29, 1.82) is 0 Å². The fourth-order valence-corrected chi connectivity index (χ4v) is 2.43. The number of nitrogens with zero attached hydrogens (tertiary/aromatic N) is 1. The molecule has 0 aliphatic heterocycles. The summed E-state index contributed by atoms with van der Waals surface area (Å²) >= 11 is 3.19. The maximum absolute atomic E-state index is 13.2. The number of benzene rings is 1. The van der Waals surface area contributed by atoms with Crippen LogP contribution in [0.15, 0.2) is 41.0 Å². The van der Waals surface area contributed by atoms with E-state index in [9.17, 15) is 4.39 Å². The van der Waals surface area contributed by atoms with E-state index < -0.39 is 0 Å². The first-order valence-corrected chi connectivity index (χ1v) is 6.72. The van der Waals surface area contributed by atoms with Gasteiger partial charge in [0.25, 0.3) is 0 Å². The summed E-state index contributed by atoms with van der Waals surface area (Å²) in [5.41, 5.74) is 5.74. The Kier molecular flexibility index (Phi) is 4.63. The van der Waals surface area contributed by atoms with Gasteiger partial charge in [0.15, 0.2) is 0 Å². The Hall–Kier alpha value is -1.30. The van der Waals surface area contributed by atoms with E-state index in [2.05, 4.69) is 26.3 Å². The minimum absolute atomic E-state index is 0.0986. The van der Waals surface area contributed by atoms with Gasteiger partial charge < -0.3 is 0 Å². The van der Waals surface area contributed by atoms with Crippen LogP contribution in [0.1, 0.15) is 22.9 Å². The molecule has 0 amide bonds. The smallest absolute Gasteiger partial charge is 0.137 e. The molecule has 19 heavy (non-hydrogen) atoms. The molecular formula is C14H15BrFN3. The van der Waals surface area contributed by atoms with Crippen LogP contribution < -0.4 is 11.3 Å². The van der Waals surface area contributed by atoms with Crippen molar-refractivity contribution >= 4 is 15.9 Å². The van der Waals surface area contributed by atoms with Crippen molar-refractivity contribution in [3.8, 4) is 0 Å². The molecule has 1 heterocycles. The summed E-state index contributed by atoms with van der Waals surface area (Å²) < 4.78 is 13.7. The summed E-state index contributed by atoms with van der Waals surface area (Å²) in [6.07, 6.45) is 2.39. The number of hydrogen-bond acceptors (Lipinski definition) is 3. The zero-order valence-corrected chi connectivity index (χ0v) is 12.1. The topological polar surface area (TPSA) is 50.9 Å². The fraction of sp³-hybridized carbons (Fsp3) is 0.214. The van der Waals surface area contributed by atoms with E-state index in [-0.39, 0.29) is 11.9 Å². The number of halogens is 2. The quantitative estimate of drug-likeness (QED) is 0.671. The summed E-state index contributed by atoms with van der Waals surface area (Å²) in [4.78, 5) is 4.36. The highest BCUT2D eigenvalue weighted by atomic mass is 79.9. The lowest BCUT2D eigenvalue weighted by Crippen LogP contribution is -2.30. The lowest BCUT2D eigenvalue weighted by molar-refractivity contribution is 0.534. The average molecular weight is 324 g/mol. The van der Waals surface area contributed by atoms with Crippen LogP contribution in [-0.4, -0.2) is 4.98 Å². The van der Waals surface area contributed by atoms with E-state index in [1.54, 1.807) is 18.3 Å². The highest BCUT2D eigenvalue weighted by Crippen LogP contribution is 2.22. The number of nitrogens with one attached hydrogen (secondary N) is 1. The molecule has 1 aromatic carbocycles. The zero-order chi connectivity index (χ0) is 13.8. The number of aryl methyl sites for hydroxylation is 1. The molecule has 0 bridgehead atoms. The van der Waals surface area contributed by atoms with E-state index in [1.165, 1.54) is 6.07 Å². The molecule has 2 rings (SSSR count). The maximum Gasteiger partial charge on any atom is 0.137 e. The van der Waals surface area contributed by atoms with Gasteiger partial charge in [-0.25, -0.2) is 4.39 Å². The van der Waals surface area contributed by atoms with Gasteiger partial charge >= 0.3 is 0 Å². The van der Waals surface area contributed by atoms with Crippen LogP contribution in [0.4, 0.5) is 4.39 Å². The molecule has 0 saturated carbocycles. The van der Waals surface area contributed by atoms with Crippen LogP contribution in [0, 0.1) is 12.7 Å². The van der Waals surface area contributed by atoms with Crippen molar-refractivity contribution < 1.29 is 4.39 Å². The SMILES string of the molecule is Cc1cccnc1C(Cc1ccc(F)c(Br)c1)NN. The van der Waals surface area contributed by atoms with Crippen LogP contribution in [-0.2, 0) is 6.42 Å². The maximum atomic E-state index is 13.2. The molecule has 2 aromatic rings. The third-order valence-corrected chi connectivity index (χ3v) is 3.61. The predicted octanol–water partition coefficient (Wildman–Crippen LogP) is 3.04. The molecule has 5 heteroatoms. The molecule has 0 aliphatic carbocycles. The van der Waals surface area contributed by atoms with Crippen molar-refractivity contribution in [2.24, 2.45) is 5.84 Å². The zero-order valence-electron chi connectivity index (χ0n) is 10.5. The first-order chi connectivity index (χ1) is 9.11. The van der Waals surface area contributed by atoms with Gasteiger partial charge in [0.1, 0.15) is 5.82 Å². The summed E-state index contributed by atoms with van der Waals surface area (Å²) in [6.45, 7) is 1.99. The summed E-state index contributed by atoms with van der Waals surface area (Å²) in [5, 5.41) is 0. The lowest BCUT2D eigenvalue weighted by Gasteiger charge is -2.17. The number of pyridine rings is 1. The second-order valence-electron chi connectivity index (χ2n) is 4.38. The molecule has 0 saturated heterocycles. The van der Waals surface area contributed by atoms with Gasteiger partial charge in [-0.05, 0) is 58.6 Å². The van der Waals surface area contributed by atoms with Crippen LogP contribution >= 0.6 is 15.9 Å². The second-order valence-corrected chi connectivity index (χ2v) is 5.23. The molecule has 3 N–H and O–H groups in total. The van der Waals surface area contributed by atoms with Gasteiger partial charge in [-0.3, -0.25) is 16.3 Å². The van der Waals surface area contributed by atoms with E-state index in [0.29, 0.717) is 10.9 Å². The van der Waals surface area contributed by atoms with E-state index in [4.69, 9.17) is 5.84 Å². The third kappa shape index (κ3) is 3.37. The average Bonchev–Trinajstić information content (AvgIpc) is 2.41. The van der Waals surface area contributed by atoms with Crippen molar-refractivity contribution in [3.63, 3.8) is 0 Å². The van der Waals surface area contributed by atoms with E-state index >= 15 is 0 Å². The molecule has 0 aliphatic rings. The molecule has 0 fully saturated rings. The minimum Gasteiger partial charge on any atom is -0.271 e. The number of nitrogens with two attached hydrogens (primary N) is 1. The Morgan fingerprint density at radius 1 is 1.42 bits per heavy atom. The number of aromatic nitrogens is 1. The minimum atomic E-state index is -0.268. The number of hydrogen-bond donors (Lipinski definition) is 2. The summed E-state index contributed by atoms with van der Waals surface area (Å²) in [5.74, 6) is 5.35. The van der Waals surface area contributed by atoms with E-state index in [0.717, 1.165) is 16.8 Å². The van der Waals surface area contributed by atoms with E-state index in [1.807, 2.05) is 19.1 Å². The molecule has 3 nitrogen and oxygen atoms in total. The largest absolute Gasteiger partial charge is 0.271 e. The molecule has 0 spiro atoms. The molecule has 0 radical (unpaired) electrons. The standard InChI is InChI=1S/C14H15BrFN3/c1-9-3-2-6-18-14(9)13(19-17)8-10-4-5-12(16)11(15)7-10/h2-7,13,19H,8,17H2,1H3. The van der Waals surface area contributed by atoms with Crippen molar-refractivity contribution in [1.82, 2.24) is 10.4 Å². The summed E-state index contributed by atoms with van der Waals surface area (Å²) in [7, 11) is 0. The highest BCUT2D eigenvalue weighted by molar-refractivity contribution is 9.10. The molecule has 1 unspecified atom stereocenters.